The van der Waals surface area contributed by atoms with Crippen LogP contribution in [0.4, 0.5) is 0 Å². The van der Waals surface area contributed by atoms with E-state index in [1.54, 1.807) is 6.08 Å². The zero-order valence-corrected chi connectivity index (χ0v) is 17.9. The molecule has 0 aromatic rings. The van der Waals surface area contributed by atoms with Crippen molar-refractivity contribution in [1.82, 2.24) is 0 Å². The predicted octanol–water partition coefficient (Wildman–Crippen LogP) is 1.77. The zero-order valence-electron chi connectivity index (χ0n) is 17.1. The fourth-order valence-corrected chi connectivity index (χ4v) is 3.94. The molecule has 0 aromatic heterocycles. The predicted molar refractivity (Wildman–Crippen MR) is 104 cm³/mol. The van der Waals surface area contributed by atoms with Gasteiger partial charge in [-0.15, -0.1) is 18.3 Å². The summed E-state index contributed by atoms with van der Waals surface area (Å²) < 4.78 is 27.1. The molecule has 0 amide bonds. The number of unbranched alkanes of at least 4 members (excludes halogenated alkanes) is 1. The summed E-state index contributed by atoms with van der Waals surface area (Å²) in [4.78, 5) is 46.3. The Bertz CT molecular complexity index is 606. The standard InChI is InChI=1S/C19H28O9S/c1-6-7-8-9-29-19-18(27-14(5)23)17(26-13(4)22)16(25-12(3)21)15(28-19)10-24-11(2)20/h6,15-19H,1,7-10H2,2-5H3. The molecule has 1 aliphatic rings. The molecular formula is C19H28O9S. The SMILES string of the molecule is C=CCCCSC1OC(COC(C)=O)C(OC(C)=O)C(OC(C)=O)C1OC(C)=O. The van der Waals surface area contributed by atoms with Gasteiger partial charge >= 0.3 is 23.9 Å². The van der Waals surface area contributed by atoms with Crippen molar-refractivity contribution in [3.05, 3.63) is 12.7 Å². The first-order valence-corrected chi connectivity index (χ1v) is 10.2. The van der Waals surface area contributed by atoms with Gasteiger partial charge in [-0.2, -0.15) is 0 Å². The molecule has 1 rings (SSSR count). The molecule has 1 fully saturated rings. The zero-order chi connectivity index (χ0) is 22.0. The highest BCUT2D eigenvalue weighted by molar-refractivity contribution is 7.99. The average molecular weight is 432 g/mol. The maximum absolute atomic E-state index is 11.7. The van der Waals surface area contributed by atoms with Gasteiger partial charge in [-0.05, 0) is 18.6 Å². The summed E-state index contributed by atoms with van der Waals surface area (Å²) in [5.74, 6) is -1.79. The molecule has 0 aliphatic carbocycles. The Morgan fingerprint density at radius 1 is 0.897 bits per heavy atom. The van der Waals surface area contributed by atoms with E-state index in [9.17, 15) is 19.2 Å². The van der Waals surface area contributed by atoms with Gasteiger partial charge in [0.2, 0.25) is 0 Å². The summed E-state index contributed by atoms with van der Waals surface area (Å²) in [5.41, 5.74) is -0.722. The van der Waals surface area contributed by atoms with Crippen molar-refractivity contribution in [2.45, 2.75) is 70.4 Å². The van der Waals surface area contributed by atoms with E-state index in [-0.39, 0.29) is 6.61 Å². The summed E-state index contributed by atoms with van der Waals surface area (Å²) in [6, 6.07) is 0. The maximum Gasteiger partial charge on any atom is 0.303 e. The molecule has 164 valence electrons. The van der Waals surface area contributed by atoms with Crippen molar-refractivity contribution in [1.29, 1.82) is 0 Å². The van der Waals surface area contributed by atoms with Crippen LogP contribution in [0.3, 0.4) is 0 Å². The minimum Gasteiger partial charge on any atom is -0.463 e. The summed E-state index contributed by atoms with van der Waals surface area (Å²) in [6.07, 6.45) is -0.775. The van der Waals surface area contributed by atoms with Crippen LogP contribution in [0.15, 0.2) is 12.7 Å². The minimum absolute atomic E-state index is 0.221. The van der Waals surface area contributed by atoms with Crippen molar-refractivity contribution in [2.75, 3.05) is 12.4 Å². The molecule has 0 saturated carbocycles. The number of esters is 4. The van der Waals surface area contributed by atoms with E-state index < -0.39 is 53.7 Å². The van der Waals surface area contributed by atoms with Gasteiger partial charge in [0, 0.05) is 27.7 Å². The molecule has 1 aliphatic heterocycles. The van der Waals surface area contributed by atoms with E-state index in [1.165, 1.54) is 39.5 Å². The summed E-state index contributed by atoms with van der Waals surface area (Å²) in [7, 11) is 0. The molecule has 9 nitrogen and oxygen atoms in total. The topological polar surface area (TPSA) is 114 Å². The van der Waals surface area contributed by atoms with Crippen LogP contribution < -0.4 is 0 Å². The van der Waals surface area contributed by atoms with Gasteiger partial charge in [-0.25, -0.2) is 0 Å². The number of allylic oxidation sites excluding steroid dienone is 1. The number of thioether (sulfide) groups is 1. The molecule has 5 atom stereocenters. The fourth-order valence-electron chi connectivity index (χ4n) is 2.75. The monoisotopic (exact) mass is 432 g/mol. The summed E-state index contributed by atoms with van der Waals surface area (Å²) in [5, 5.41) is 0. The molecule has 0 bridgehead atoms. The Labute approximate surface area is 174 Å². The lowest BCUT2D eigenvalue weighted by Gasteiger charge is -2.44. The van der Waals surface area contributed by atoms with Crippen LogP contribution in [-0.4, -0.2) is 66.1 Å². The fraction of sp³-hybridized carbons (Fsp3) is 0.684. The highest BCUT2D eigenvalue weighted by Gasteiger charge is 2.52. The third kappa shape index (κ3) is 8.86. The van der Waals surface area contributed by atoms with E-state index in [4.69, 9.17) is 23.7 Å². The molecule has 0 aromatic carbocycles. The Morgan fingerprint density at radius 3 is 1.97 bits per heavy atom. The molecule has 0 radical (unpaired) electrons. The van der Waals surface area contributed by atoms with Crippen LogP contribution in [0, 0.1) is 0 Å². The van der Waals surface area contributed by atoms with Crippen molar-refractivity contribution in [3.63, 3.8) is 0 Å². The Hall–Kier alpha value is -2.07. The Morgan fingerprint density at radius 2 is 1.45 bits per heavy atom. The second kappa shape index (κ2) is 12.5. The van der Waals surface area contributed by atoms with E-state index in [0.717, 1.165) is 12.8 Å². The molecule has 5 unspecified atom stereocenters. The van der Waals surface area contributed by atoms with Gasteiger partial charge in [0.05, 0.1) is 0 Å². The molecule has 1 saturated heterocycles. The lowest BCUT2D eigenvalue weighted by Crippen LogP contribution is -2.61. The molecule has 0 N–H and O–H groups in total. The van der Waals surface area contributed by atoms with E-state index in [1.807, 2.05) is 0 Å². The normalized spacial score (nSPS) is 26.1. The van der Waals surface area contributed by atoms with Crippen LogP contribution in [0.5, 0.6) is 0 Å². The molecule has 10 heteroatoms. The summed E-state index contributed by atoms with van der Waals surface area (Å²) in [6.45, 7) is 8.28. The Kier molecular flexibility index (Phi) is 10.7. The van der Waals surface area contributed by atoms with Crippen LogP contribution in [-0.2, 0) is 42.9 Å². The van der Waals surface area contributed by atoms with Crippen molar-refractivity contribution < 1.29 is 42.9 Å². The van der Waals surface area contributed by atoms with Gasteiger partial charge in [-0.3, -0.25) is 19.2 Å². The Balaban J connectivity index is 3.19. The quantitative estimate of drug-likeness (QED) is 0.219. The van der Waals surface area contributed by atoms with E-state index >= 15 is 0 Å². The lowest BCUT2D eigenvalue weighted by atomic mass is 9.99. The molecule has 29 heavy (non-hydrogen) atoms. The highest BCUT2D eigenvalue weighted by Crippen LogP contribution is 2.34. The third-order valence-corrected chi connectivity index (χ3v) is 5.02. The average Bonchev–Trinajstić information content (AvgIpc) is 2.60. The summed E-state index contributed by atoms with van der Waals surface area (Å²) >= 11 is 1.36. The highest BCUT2D eigenvalue weighted by atomic mass is 32.2. The van der Waals surface area contributed by atoms with Crippen LogP contribution in [0.25, 0.3) is 0 Å². The number of carbonyl (C=O) groups is 4. The molecule has 1 heterocycles. The van der Waals surface area contributed by atoms with Crippen molar-refractivity contribution in [2.24, 2.45) is 0 Å². The first-order chi connectivity index (χ1) is 13.6. The van der Waals surface area contributed by atoms with Crippen molar-refractivity contribution >= 4 is 35.6 Å². The second-order valence-electron chi connectivity index (χ2n) is 6.37. The van der Waals surface area contributed by atoms with E-state index in [0.29, 0.717) is 5.75 Å². The molecule has 0 spiro atoms. The maximum atomic E-state index is 11.7. The van der Waals surface area contributed by atoms with Gasteiger partial charge in [0.1, 0.15) is 18.1 Å². The van der Waals surface area contributed by atoms with Crippen LogP contribution in [0.1, 0.15) is 40.5 Å². The first-order valence-electron chi connectivity index (χ1n) is 9.18. The minimum atomic E-state index is -1.12. The van der Waals surface area contributed by atoms with Crippen LogP contribution in [0.2, 0.25) is 0 Å². The number of hydrogen-bond acceptors (Lipinski definition) is 10. The smallest absolute Gasteiger partial charge is 0.303 e. The van der Waals surface area contributed by atoms with Crippen molar-refractivity contribution in [3.8, 4) is 0 Å². The number of ether oxygens (including phenoxy) is 5. The van der Waals surface area contributed by atoms with Gasteiger partial charge in [0.25, 0.3) is 0 Å². The van der Waals surface area contributed by atoms with E-state index in [2.05, 4.69) is 6.58 Å². The third-order valence-electron chi connectivity index (χ3n) is 3.78. The first kappa shape index (κ1) is 25.0. The largest absolute Gasteiger partial charge is 0.463 e. The lowest BCUT2D eigenvalue weighted by molar-refractivity contribution is -0.237. The number of rotatable bonds is 10. The van der Waals surface area contributed by atoms with Gasteiger partial charge < -0.3 is 23.7 Å². The molecular weight excluding hydrogens is 404 g/mol. The van der Waals surface area contributed by atoms with Gasteiger partial charge in [0.15, 0.2) is 18.3 Å². The van der Waals surface area contributed by atoms with Gasteiger partial charge in [-0.1, -0.05) is 6.08 Å². The number of carbonyl (C=O) groups excluding carboxylic acids is 4. The van der Waals surface area contributed by atoms with Crippen LogP contribution >= 0.6 is 11.8 Å². The number of hydrogen-bond donors (Lipinski definition) is 0. The second-order valence-corrected chi connectivity index (χ2v) is 7.58.